The predicted molar refractivity (Wildman–Crippen MR) is 80.4 cm³/mol. The molecule has 1 aromatic heterocycles. The lowest BCUT2D eigenvalue weighted by atomic mass is 9.89. The lowest BCUT2D eigenvalue weighted by Crippen LogP contribution is -2.11. The zero-order valence-electron chi connectivity index (χ0n) is 11.2. The Bertz CT molecular complexity index is 567. The Labute approximate surface area is 123 Å². The number of nitrogens with one attached hydrogen (secondary N) is 1. The van der Waals surface area contributed by atoms with E-state index in [4.69, 9.17) is 11.6 Å². The molecule has 1 aromatic carbocycles. The molecule has 0 aliphatic heterocycles. The van der Waals surface area contributed by atoms with E-state index in [0.717, 1.165) is 24.4 Å². The van der Waals surface area contributed by atoms with E-state index in [-0.39, 0.29) is 5.28 Å². The molecule has 0 amide bonds. The first-order valence-electron chi connectivity index (χ1n) is 7.05. The Kier molecular flexibility index (Phi) is 4.11. The second kappa shape index (κ2) is 6.18. The summed E-state index contributed by atoms with van der Waals surface area (Å²) in [4.78, 5) is 13.0. The number of aromatic nitrogens is 3. The van der Waals surface area contributed by atoms with Crippen molar-refractivity contribution in [3.8, 4) is 0 Å². The smallest absolute Gasteiger partial charge is 0.231 e. The third-order valence-corrected chi connectivity index (χ3v) is 3.79. The monoisotopic (exact) mass is 288 g/mol. The topological polar surface area (TPSA) is 50.7 Å². The summed E-state index contributed by atoms with van der Waals surface area (Å²) in [6.45, 7) is 0. The van der Waals surface area contributed by atoms with Gasteiger partial charge in [-0.25, -0.2) is 4.98 Å². The van der Waals surface area contributed by atoms with Gasteiger partial charge in [-0.3, -0.25) is 0 Å². The summed E-state index contributed by atoms with van der Waals surface area (Å²) in [5.74, 6) is 1.76. The molecule has 5 heteroatoms. The summed E-state index contributed by atoms with van der Waals surface area (Å²) in [6, 6.07) is 9.84. The molecule has 0 atom stereocenters. The molecule has 1 heterocycles. The molecule has 0 saturated heterocycles. The minimum Gasteiger partial charge on any atom is -0.324 e. The summed E-state index contributed by atoms with van der Waals surface area (Å²) >= 11 is 6.03. The Morgan fingerprint density at radius 1 is 0.950 bits per heavy atom. The third-order valence-electron chi connectivity index (χ3n) is 3.63. The van der Waals surface area contributed by atoms with Gasteiger partial charge in [0.2, 0.25) is 11.2 Å². The van der Waals surface area contributed by atoms with Gasteiger partial charge in [0.1, 0.15) is 5.82 Å². The van der Waals surface area contributed by atoms with Crippen LogP contribution < -0.4 is 5.32 Å². The van der Waals surface area contributed by atoms with Crippen LogP contribution in [0, 0.1) is 0 Å². The van der Waals surface area contributed by atoms with Gasteiger partial charge in [0.05, 0.1) is 0 Å². The van der Waals surface area contributed by atoms with E-state index < -0.39 is 0 Å². The van der Waals surface area contributed by atoms with Crippen LogP contribution in [0.1, 0.15) is 43.8 Å². The first-order chi connectivity index (χ1) is 9.81. The third kappa shape index (κ3) is 3.25. The molecular weight excluding hydrogens is 272 g/mol. The number of nitrogens with zero attached hydrogens (tertiary/aromatic N) is 3. The molecule has 3 rings (SSSR count). The Hall–Kier alpha value is -1.68. The van der Waals surface area contributed by atoms with Crippen LogP contribution >= 0.6 is 11.6 Å². The Balaban J connectivity index is 1.82. The molecule has 20 heavy (non-hydrogen) atoms. The fraction of sp³-hybridized carbons (Fsp3) is 0.400. The normalized spacial score (nSPS) is 16.1. The van der Waals surface area contributed by atoms with Crippen molar-refractivity contribution in [2.45, 2.75) is 38.0 Å². The highest BCUT2D eigenvalue weighted by Crippen LogP contribution is 2.31. The number of rotatable bonds is 3. The summed E-state index contributed by atoms with van der Waals surface area (Å²) in [5, 5.41) is 3.44. The highest BCUT2D eigenvalue weighted by molar-refractivity contribution is 6.28. The van der Waals surface area contributed by atoms with Crippen LogP contribution in [0.15, 0.2) is 30.3 Å². The quantitative estimate of drug-likeness (QED) is 0.914. The van der Waals surface area contributed by atoms with Gasteiger partial charge in [-0.15, -0.1) is 0 Å². The van der Waals surface area contributed by atoms with E-state index in [2.05, 4.69) is 20.3 Å². The van der Waals surface area contributed by atoms with E-state index >= 15 is 0 Å². The first-order valence-corrected chi connectivity index (χ1v) is 7.42. The van der Waals surface area contributed by atoms with E-state index in [1.807, 2.05) is 30.3 Å². The van der Waals surface area contributed by atoms with Crippen molar-refractivity contribution in [3.05, 3.63) is 41.4 Å². The minimum atomic E-state index is 0.263. The van der Waals surface area contributed by atoms with Crippen LogP contribution in [0.3, 0.4) is 0 Å². The molecule has 0 unspecified atom stereocenters. The fourth-order valence-electron chi connectivity index (χ4n) is 2.62. The highest BCUT2D eigenvalue weighted by Gasteiger charge is 2.19. The second-order valence-corrected chi connectivity index (χ2v) is 5.45. The van der Waals surface area contributed by atoms with Crippen LogP contribution in [0.5, 0.6) is 0 Å². The molecule has 0 radical (unpaired) electrons. The SMILES string of the molecule is Clc1nc(Nc2ccccc2)nc(C2CCCCC2)n1. The van der Waals surface area contributed by atoms with Gasteiger partial charge in [0.15, 0.2) is 0 Å². The van der Waals surface area contributed by atoms with Gasteiger partial charge < -0.3 is 5.32 Å². The van der Waals surface area contributed by atoms with Crippen LogP contribution in [-0.2, 0) is 0 Å². The molecule has 1 aliphatic rings. The Morgan fingerprint density at radius 3 is 2.45 bits per heavy atom. The summed E-state index contributed by atoms with van der Waals surface area (Å²) in [5.41, 5.74) is 0.948. The molecule has 4 nitrogen and oxygen atoms in total. The van der Waals surface area contributed by atoms with Crippen LogP contribution in [0.4, 0.5) is 11.6 Å². The maximum absolute atomic E-state index is 6.03. The average Bonchev–Trinajstić information content (AvgIpc) is 2.49. The zero-order valence-corrected chi connectivity index (χ0v) is 12.0. The lowest BCUT2D eigenvalue weighted by molar-refractivity contribution is 0.428. The minimum absolute atomic E-state index is 0.263. The average molecular weight is 289 g/mol. The summed E-state index contributed by atoms with van der Waals surface area (Å²) in [7, 11) is 0. The molecule has 1 fully saturated rings. The van der Waals surface area contributed by atoms with Crippen LogP contribution in [0.2, 0.25) is 5.28 Å². The van der Waals surface area contributed by atoms with E-state index in [9.17, 15) is 0 Å². The molecule has 2 aromatic rings. The predicted octanol–water partition coefficient (Wildman–Crippen LogP) is 4.32. The number of hydrogen-bond donors (Lipinski definition) is 1. The van der Waals surface area contributed by atoms with E-state index in [0.29, 0.717) is 11.9 Å². The summed E-state index contributed by atoms with van der Waals surface area (Å²) in [6.07, 6.45) is 6.09. The standard InChI is InChI=1S/C15H17ClN4/c16-14-18-13(11-7-3-1-4-8-11)19-15(20-14)17-12-9-5-2-6-10-12/h2,5-6,9-11H,1,3-4,7-8H2,(H,17,18,19,20). The van der Waals surface area contributed by atoms with Gasteiger partial charge in [-0.1, -0.05) is 37.5 Å². The van der Waals surface area contributed by atoms with E-state index in [1.165, 1.54) is 19.3 Å². The molecular formula is C15H17ClN4. The van der Waals surface area contributed by atoms with Crippen molar-refractivity contribution >= 4 is 23.2 Å². The maximum atomic E-state index is 6.03. The molecule has 0 bridgehead atoms. The zero-order chi connectivity index (χ0) is 13.8. The van der Waals surface area contributed by atoms with Gasteiger partial charge >= 0.3 is 0 Å². The lowest BCUT2D eigenvalue weighted by Gasteiger charge is -2.20. The fourth-order valence-corrected chi connectivity index (χ4v) is 2.78. The van der Waals surface area contributed by atoms with Crippen molar-refractivity contribution in [1.82, 2.24) is 15.0 Å². The number of benzene rings is 1. The largest absolute Gasteiger partial charge is 0.324 e. The summed E-state index contributed by atoms with van der Waals surface area (Å²) < 4.78 is 0. The van der Waals surface area contributed by atoms with E-state index in [1.54, 1.807) is 0 Å². The van der Waals surface area contributed by atoms with Gasteiger partial charge in [0, 0.05) is 11.6 Å². The van der Waals surface area contributed by atoms with Crippen molar-refractivity contribution in [1.29, 1.82) is 0 Å². The molecule has 1 N–H and O–H groups in total. The van der Waals surface area contributed by atoms with Crippen LogP contribution in [-0.4, -0.2) is 15.0 Å². The second-order valence-electron chi connectivity index (χ2n) is 5.11. The molecule has 0 spiro atoms. The number of anilines is 2. The number of halogens is 1. The van der Waals surface area contributed by atoms with Gasteiger partial charge in [0.25, 0.3) is 0 Å². The van der Waals surface area contributed by atoms with Crippen molar-refractivity contribution in [3.63, 3.8) is 0 Å². The molecule has 1 saturated carbocycles. The molecule has 104 valence electrons. The Morgan fingerprint density at radius 2 is 1.70 bits per heavy atom. The first kappa shape index (κ1) is 13.3. The van der Waals surface area contributed by atoms with Crippen molar-refractivity contribution in [2.75, 3.05) is 5.32 Å². The van der Waals surface area contributed by atoms with Gasteiger partial charge in [-0.2, -0.15) is 9.97 Å². The van der Waals surface area contributed by atoms with Gasteiger partial charge in [-0.05, 0) is 36.6 Å². The van der Waals surface area contributed by atoms with Crippen LogP contribution in [0.25, 0.3) is 0 Å². The number of para-hydroxylation sites is 1. The molecule has 1 aliphatic carbocycles. The van der Waals surface area contributed by atoms with Crippen molar-refractivity contribution < 1.29 is 0 Å². The maximum Gasteiger partial charge on any atom is 0.231 e. The van der Waals surface area contributed by atoms with Crippen molar-refractivity contribution in [2.24, 2.45) is 0 Å². The highest BCUT2D eigenvalue weighted by atomic mass is 35.5. The number of hydrogen-bond acceptors (Lipinski definition) is 4.